The Labute approximate surface area is 235 Å². The summed E-state index contributed by atoms with van der Waals surface area (Å²) in [6, 6.07) is 15.4. The Morgan fingerprint density at radius 2 is 1.82 bits per heavy atom. The third kappa shape index (κ3) is 4.53. The molecule has 9 heteroatoms. The molecule has 4 atom stereocenters. The van der Waals surface area contributed by atoms with E-state index in [2.05, 4.69) is 44.5 Å². The van der Waals surface area contributed by atoms with Crippen molar-refractivity contribution in [1.82, 2.24) is 14.9 Å². The van der Waals surface area contributed by atoms with Crippen molar-refractivity contribution in [3.8, 4) is 11.3 Å². The zero-order valence-corrected chi connectivity index (χ0v) is 23.5. The maximum Gasteiger partial charge on any atom is 0.319 e. The van der Waals surface area contributed by atoms with Crippen molar-refractivity contribution in [2.75, 3.05) is 11.6 Å². The van der Waals surface area contributed by atoms with Crippen molar-refractivity contribution < 1.29 is 18.3 Å². The Balaban J connectivity index is 1.02. The Bertz CT molecular complexity index is 1530. The number of benzene rings is 2. The number of amides is 2. The Kier molecular flexibility index (Phi) is 6.09. The van der Waals surface area contributed by atoms with Gasteiger partial charge in [0.2, 0.25) is 0 Å². The van der Waals surface area contributed by atoms with Crippen molar-refractivity contribution >= 4 is 21.6 Å². The molecular weight excluding hydrogens is 524 g/mol. The number of sulfone groups is 1. The van der Waals surface area contributed by atoms with Crippen molar-refractivity contribution in [2.45, 2.75) is 62.5 Å². The van der Waals surface area contributed by atoms with Gasteiger partial charge in [0.05, 0.1) is 36.1 Å². The van der Waals surface area contributed by atoms with Crippen LogP contribution in [0, 0.1) is 23.2 Å². The number of carbonyl (C=O) groups excluding carboxylic acids is 1. The molecule has 3 N–H and O–H groups in total. The summed E-state index contributed by atoms with van der Waals surface area (Å²) < 4.78 is 25.3. The second-order valence-electron chi connectivity index (χ2n) is 12.8. The van der Waals surface area contributed by atoms with E-state index in [0.717, 1.165) is 37.8 Å². The van der Waals surface area contributed by atoms with E-state index in [0.29, 0.717) is 35.4 Å². The highest BCUT2D eigenvalue weighted by atomic mass is 32.2. The number of carbonyl (C=O) groups is 1. The molecule has 4 saturated carbocycles. The summed E-state index contributed by atoms with van der Waals surface area (Å²) in [6.45, 7) is 0. The SMILES string of the molecule is CS(=O)(=O)Cc1ccc(NC(=O)NC2C3CC4CC2CC(C(O)CC2c5ccccc5-c5cncn52)(C4)C3)cc1. The molecule has 2 aromatic carbocycles. The first-order valence-corrected chi connectivity index (χ1v) is 16.4. The number of hydrogen-bond donors (Lipinski definition) is 3. The number of imidazole rings is 1. The minimum absolute atomic E-state index is 0.0174. The third-order valence-corrected chi connectivity index (χ3v) is 10.9. The van der Waals surface area contributed by atoms with Crippen LogP contribution in [0.15, 0.2) is 61.1 Å². The average molecular weight is 561 g/mol. The predicted molar refractivity (Wildman–Crippen MR) is 153 cm³/mol. The van der Waals surface area contributed by atoms with E-state index in [1.807, 2.05) is 12.5 Å². The van der Waals surface area contributed by atoms with Gasteiger partial charge in [-0.2, -0.15) is 0 Å². The van der Waals surface area contributed by atoms with Crippen LogP contribution in [0.25, 0.3) is 11.3 Å². The van der Waals surface area contributed by atoms with E-state index in [9.17, 15) is 18.3 Å². The van der Waals surface area contributed by atoms with Crippen molar-refractivity contribution in [3.63, 3.8) is 0 Å². The fourth-order valence-electron chi connectivity index (χ4n) is 8.67. The predicted octanol–water partition coefficient (Wildman–Crippen LogP) is 4.77. The van der Waals surface area contributed by atoms with Crippen molar-refractivity contribution in [3.05, 3.63) is 72.2 Å². The van der Waals surface area contributed by atoms with Gasteiger partial charge in [-0.1, -0.05) is 36.4 Å². The summed E-state index contributed by atoms with van der Waals surface area (Å²) in [6.07, 6.45) is 10.5. The molecule has 1 aliphatic heterocycles. The number of aliphatic hydroxyl groups is 1. The van der Waals surface area contributed by atoms with Crippen LogP contribution in [-0.2, 0) is 15.6 Å². The lowest BCUT2D eigenvalue weighted by atomic mass is 9.46. The van der Waals surface area contributed by atoms with E-state index < -0.39 is 15.9 Å². The number of hydrogen-bond acceptors (Lipinski definition) is 5. The molecule has 4 unspecified atom stereocenters. The highest BCUT2D eigenvalue weighted by molar-refractivity contribution is 7.89. The monoisotopic (exact) mass is 560 g/mol. The Hall–Kier alpha value is -3.17. The molecule has 1 aromatic heterocycles. The van der Waals surface area contributed by atoms with Gasteiger partial charge in [-0.05, 0) is 85.0 Å². The molecule has 3 aromatic rings. The zero-order chi connectivity index (χ0) is 27.6. The van der Waals surface area contributed by atoms with Crippen LogP contribution in [0.1, 0.15) is 55.7 Å². The molecular formula is C31H36N4O4S. The molecule has 2 amide bonds. The summed E-state index contributed by atoms with van der Waals surface area (Å²) in [5.74, 6) is 1.32. The molecule has 5 aliphatic rings. The van der Waals surface area contributed by atoms with Crippen LogP contribution in [0.5, 0.6) is 0 Å². The lowest BCUT2D eigenvalue weighted by molar-refractivity contribution is -0.135. The number of fused-ring (bicyclic) bond motifs is 3. The number of anilines is 1. The largest absolute Gasteiger partial charge is 0.392 e. The molecule has 40 heavy (non-hydrogen) atoms. The topological polar surface area (TPSA) is 113 Å². The Morgan fingerprint density at radius 3 is 2.55 bits per heavy atom. The number of aliphatic hydroxyl groups excluding tert-OH is 1. The Morgan fingerprint density at radius 1 is 1.10 bits per heavy atom. The first-order valence-electron chi connectivity index (χ1n) is 14.3. The van der Waals surface area contributed by atoms with E-state index >= 15 is 0 Å². The van der Waals surface area contributed by atoms with Crippen LogP contribution in [0.4, 0.5) is 10.5 Å². The first kappa shape index (κ1) is 25.8. The average Bonchev–Trinajstić information content (AvgIpc) is 3.49. The van der Waals surface area contributed by atoms with Gasteiger partial charge in [0.1, 0.15) is 0 Å². The summed E-state index contributed by atoms with van der Waals surface area (Å²) in [7, 11) is -3.11. The highest BCUT2D eigenvalue weighted by Crippen LogP contribution is 2.62. The van der Waals surface area contributed by atoms with Gasteiger partial charge >= 0.3 is 6.03 Å². The van der Waals surface area contributed by atoms with E-state index in [-0.39, 0.29) is 29.3 Å². The maximum absolute atomic E-state index is 13.0. The third-order valence-electron chi connectivity index (χ3n) is 10.0. The van der Waals surface area contributed by atoms with Crippen molar-refractivity contribution in [2.24, 2.45) is 23.2 Å². The standard InChI is InChI=1S/C31H36N4O4S/c1-40(38,39)17-19-6-8-23(9-7-19)33-30(37)34-29-21-10-20-11-22(29)15-31(13-20,14-21)28(36)12-26-24-4-2-3-5-25(24)27-16-32-18-35(26)27/h2-9,16,18,20-22,26,28-29,36H,10-15,17H2,1H3,(H2,33,34,37). The summed E-state index contributed by atoms with van der Waals surface area (Å²) >= 11 is 0. The molecule has 4 fully saturated rings. The van der Waals surface area contributed by atoms with Crippen LogP contribution in [0.2, 0.25) is 0 Å². The highest BCUT2D eigenvalue weighted by Gasteiger charge is 2.58. The molecule has 210 valence electrons. The molecule has 0 saturated heterocycles. The smallest absolute Gasteiger partial charge is 0.319 e. The normalized spacial score (nSPS) is 30.5. The van der Waals surface area contributed by atoms with Crippen LogP contribution in [-0.4, -0.2) is 47.5 Å². The van der Waals surface area contributed by atoms with Crippen LogP contribution < -0.4 is 10.6 Å². The number of urea groups is 1. The van der Waals surface area contributed by atoms with Gasteiger partial charge in [0.15, 0.2) is 9.84 Å². The first-order chi connectivity index (χ1) is 19.2. The molecule has 2 heterocycles. The molecule has 0 spiro atoms. The summed E-state index contributed by atoms with van der Waals surface area (Å²) in [4.78, 5) is 17.4. The molecule has 4 bridgehead atoms. The van der Waals surface area contributed by atoms with Gasteiger partial charge in [0, 0.05) is 23.5 Å². The number of nitrogens with one attached hydrogen (secondary N) is 2. The lowest BCUT2D eigenvalue weighted by Crippen LogP contribution is -2.62. The zero-order valence-electron chi connectivity index (χ0n) is 22.7. The quantitative estimate of drug-likeness (QED) is 0.386. The van der Waals surface area contributed by atoms with E-state index in [4.69, 9.17) is 0 Å². The van der Waals surface area contributed by atoms with Crippen molar-refractivity contribution in [1.29, 1.82) is 0 Å². The minimum Gasteiger partial charge on any atom is -0.392 e. The van der Waals surface area contributed by atoms with Gasteiger partial charge in [0.25, 0.3) is 0 Å². The number of rotatable bonds is 7. The van der Waals surface area contributed by atoms with E-state index in [1.165, 1.54) is 17.4 Å². The second-order valence-corrected chi connectivity index (χ2v) is 14.9. The van der Waals surface area contributed by atoms with Gasteiger partial charge in [-0.25, -0.2) is 18.2 Å². The van der Waals surface area contributed by atoms with Crippen LogP contribution in [0.3, 0.4) is 0 Å². The fraction of sp³-hybridized carbons (Fsp3) is 0.484. The number of aromatic nitrogens is 2. The van der Waals surface area contributed by atoms with E-state index in [1.54, 1.807) is 24.3 Å². The molecule has 8 rings (SSSR count). The second kappa shape index (κ2) is 9.45. The lowest BCUT2D eigenvalue weighted by Gasteiger charge is -2.61. The maximum atomic E-state index is 13.0. The van der Waals surface area contributed by atoms with Gasteiger partial charge in [-0.3, -0.25) is 0 Å². The molecule has 4 aliphatic carbocycles. The minimum atomic E-state index is -3.11. The molecule has 8 nitrogen and oxygen atoms in total. The van der Waals surface area contributed by atoms with Crippen LogP contribution >= 0.6 is 0 Å². The summed E-state index contributed by atoms with van der Waals surface area (Å²) in [5.41, 5.74) is 4.84. The number of nitrogens with zero attached hydrogens (tertiary/aromatic N) is 2. The summed E-state index contributed by atoms with van der Waals surface area (Å²) in [5, 5.41) is 18.1. The van der Waals surface area contributed by atoms with Gasteiger partial charge < -0.3 is 20.3 Å². The fourth-order valence-corrected chi connectivity index (χ4v) is 9.47. The molecule has 0 radical (unpaired) electrons. The van der Waals surface area contributed by atoms with Gasteiger partial charge in [-0.15, -0.1) is 0 Å².